The molecular formula is C11H15FN2O2S. The minimum Gasteiger partial charge on any atom is -0.399 e. The molecule has 1 unspecified atom stereocenters. The number of hydrogen-bond acceptors (Lipinski definition) is 3. The molecule has 6 heteroatoms. The van der Waals surface area contributed by atoms with Gasteiger partial charge in [0.1, 0.15) is 11.6 Å². The number of benzene rings is 1. The smallest absolute Gasteiger partial charge is 0.237 e. The summed E-state index contributed by atoms with van der Waals surface area (Å²) in [5, 5.41) is 2.35. The maximum Gasteiger partial charge on any atom is 0.237 e. The van der Waals surface area contributed by atoms with Crippen molar-refractivity contribution in [1.29, 1.82) is 0 Å². The van der Waals surface area contributed by atoms with E-state index in [9.17, 15) is 13.4 Å². The highest BCUT2D eigenvalue weighted by atomic mass is 32.2. The van der Waals surface area contributed by atoms with E-state index in [0.717, 1.165) is 6.42 Å². The van der Waals surface area contributed by atoms with Crippen molar-refractivity contribution in [2.75, 3.05) is 22.6 Å². The summed E-state index contributed by atoms with van der Waals surface area (Å²) in [6.45, 7) is 1.88. The van der Waals surface area contributed by atoms with Crippen molar-refractivity contribution in [3.63, 3.8) is 0 Å². The molecule has 0 aromatic heterocycles. The fourth-order valence-electron chi connectivity index (χ4n) is 1.27. The number of hydrogen-bond donors (Lipinski definition) is 2. The maximum absolute atomic E-state index is 13.3. The number of nitrogens with one attached hydrogen (secondary N) is 1. The van der Waals surface area contributed by atoms with Gasteiger partial charge in [-0.25, -0.2) is 4.39 Å². The minimum atomic E-state index is -1.20. The van der Waals surface area contributed by atoms with E-state index in [1.165, 1.54) is 18.2 Å². The molecule has 1 aromatic carbocycles. The number of amides is 1. The quantitative estimate of drug-likeness (QED) is 0.786. The summed E-state index contributed by atoms with van der Waals surface area (Å²) in [5.41, 5.74) is 5.85. The van der Waals surface area contributed by atoms with Gasteiger partial charge in [-0.2, -0.15) is 0 Å². The highest BCUT2D eigenvalue weighted by Crippen LogP contribution is 2.17. The fourth-order valence-corrected chi connectivity index (χ4v) is 2.24. The van der Waals surface area contributed by atoms with Crippen LogP contribution in [0.3, 0.4) is 0 Å². The van der Waals surface area contributed by atoms with Crippen LogP contribution >= 0.6 is 0 Å². The van der Waals surface area contributed by atoms with Crippen LogP contribution in [0, 0.1) is 5.82 Å². The van der Waals surface area contributed by atoms with Gasteiger partial charge >= 0.3 is 0 Å². The van der Waals surface area contributed by atoms with Gasteiger partial charge in [0.2, 0.25) is 5.91 Å². The van der Waals surface area contributed by atoms with Crippen LogP contribution in [0.2, 0.25) is 0 Å². The summed E-state index contributed by atoms with van der Waals surface area (Å²) >= 11 is 0. The number of nitrogen functional groups attached to an aromatic ring is 1. The van der Waals surface area contributed by atoms with E-state index >= 15 is 0 Å². The lowest BCUT2D eigenvalue weighted by atomic mass is 10.2. The van der Waals surface area contributed by atoms with Crippen molar-refractivity contribution >= 4 is 28.1 Å². The average Bonchev–Trinajstić information content (AvgIpc) is 2.23. The summed E-state index contributed by atoms with van der Waals surface area (Å²) in [6, 6.07) is 3.91. The Balaban J connectivity index is 2.62. The van der Waals surface area contributed by atoms with Gasteiger partial charge in [0.15, 0.2) is 0 Å². The Hall–Kier alpha value is -1.43. The number of carbonyl (C=O) groups is 1. The molecule has 0 radical (unpaired) electrons. The van der Waals surface area contributed by atoms with Crippen molar-refractivity contribution in [3.05, 3.63) is 24.0 Å². The molecule has 3 N–H and O–H groups in total. The average molecular weight is 258 g/mol. The molecule has 0 saturated heterocycles. The standard InChI is InChI=1S/C11H15FN2O2S/c1-2-5-17(16)7-11(15)14-10-6-8(13)3-4-9(10)12/h3-4,6H,2,5,7,13H2,1H3,(H,14,15). The van der Waals surface area contributed by atoms with Crippen molar-refractivity contribution in [2.24, 2.45) is 0 Å². The van der Waals surface area contributed by atoms with Crippen LogP contribution in [0.15, 0.2) is 18.2 Å². The Bertz CT molecular complexity index is 437. The Kier molecular flexibility index (Phi) is 5.09. The first-order valence-corrected chi connectivity index (χ1v) is 6.71. The molecule has 0 aliphatic rings. The molecule has 0 spiro atoms. The molecule has 0 saturated carbocycles. The molecule has 1 rings (SSSR count). The third-order valence-corrected chi connectivity index (χ3v) is 3.44. The molecule has 1 aromatic rings. The van der Waals surface area contributed by atoms with Crippen molar-refractivity contribution < 1.29 is 13.4 Å². The summed E-state index contributed by atoms with van der Waals surface area (Å²) in [7, 11) is -1.20. The zero-order valence-corrected chi connectivity index (χ0v) is 10.3. The van der Waals surface area contributed by atoms with Crippen LogP contribution in [-0.2, 0) is 15.6 Å². The van der Waals surface area contributed by atoms with Crippen LogP contribution in [0.25, 0.3) is 0 Å². The van der Waals surface area contributed by atoms with Gasteiger partial charge in [0.25, 0.3) is 0 Å². The summed E-state index contributed by atoms with van der Waals surface area (Å²) < 4.78 is 24.6. The summed E-state index contributed by atoms with van der Waals surface area (Å²) in [6.07, 6.45) is 0.743. The first-order chi connectivity index (χ1) is 8.02. The predicted molar refractivity (Wildman–Crippen MR) is 67.6 cm³/mol. The van der Waals surface area contributed by atoms with E-state index in [-0.39, 0.29) is 11.4 Å². The Morgan fingerprint density at radius 2 is 2.24 bits per heavy atom. The van der Waals surface area contributed by atoms with Gasteiger partial charge in [0.05, 0.1) is 5.69 Å². The Morgan fingerprint density at radius 1 is 1.53 bits per heavy atom. The molecule has 0 aliphatic heterocycles. The van der Waals surface area contributed by atoms with E-state index in [1.54, 1.807) is 0 Å². The highest BCUT2D eigenvalue weighted by Gasteiger charge is 2.10. The van der Waals surface area contributed by atoms with Gasteiger partial charge in [0, 0.05) is 22.2 Å². The second-order valence-corrected chi connectivity index (χ2v) is 5.15. The topological polar surface area (TPSA) is 72.2 Å². The van der Waals surface area contributed by atoms with E-state index in [1.807, 2.05) is 6.92 Å². The van der Waals surface area contributed by atoms with Crippen LogP contribution in [0.4, 0.5) is 15.8 Å². The van der Waals surface area contributed by atoms with E-state index in [0.29, 0.717) is 11.4 Å². The monoisotopic (exact) mass is 258 g/mol. The first kappa shape index (κ1) is 13.6. The third kappa shape index (κ3) is 4.52. The van der Waals surface area contributed by atoms with Gasteiger partial charge < -0.3 is 11.1 Å². The first-order valence-electron chi connectivity index (χ1n) is 5.22. The van der Waals surface area contributed by atoms with Gasteiger partial charge in [-0.1, -0.05) is 6.92 Å². The van der Waals surface area contributed by atoms with Crippen LogP contribution < -0.4 is 11.1 Å². The minimum absolute atomic E-state index is 0.0171. The molecule has 0 aliphatic carbocycles. The SMILES string of the molecule is CCCS(=O)CC(=O)Nc1cc(N)ccc1F. The molecule has 0 bridgehead atoms. The van der Waals surface area contributed by atoms with E-state index in [2.05, 4.69) is 5.32 Å². The molecular weight excluding hydrogens is 243 g/mol. The van der Waals surface area contributed by atoms with Gasteiger partial charge in [-0.3, -0.25) is 9.00 Å². The Labute approximate surface area is 102 Å². The lowest BCUT2D eigenvalue weighted by Gasteiger charge is -2.06. The van der Waals surface area contributed by atoms with Crippen LogP contribution in [0.5, 0.6) is 0 Å². The normalized spacial score (nSPS) is 12.1. The molecule has 4 nitrogen and oxygen atoms in total. The molecule has 1 atom stereocenters. The third-order valence-electron chi connectivity index (χ3n) is 1.99. The van der Waals surface area contributed by atoms with Crippen LogP contribution in [-0.4, -0.2) is 21.6 Å². The summed E-state index contributed by atoms with van der Waals surface area (Å²) in [4.78, 5) is 11.4. The molecule has 0 fully saturated rings. The second kappa shape index (κ2) is 6.34. The number of rotatable bonds is 5. The highest BCUT2D eigenvalue weighted by molar-refractivity contribution is 7.85. The van der Waals surface area contributed by atoms with Crippen LogP contribution in [0.1, 0.15) is 13.3 Å². The van der Waals surface area contributed by atoms with Crippen molar-refractivity contribution in [3.8, 4) is 0 Å². The maximum atomic E-state index is 13.3. The lowest BCUT2D eigenvalue weighted by Crippen LogP contribution is -2.21. The molecule has 94 valence electrons. The molecule has 1 amide bonds. The van der Waals surface area contributed by atoms with E-state index in [4.69, 9.17) is 5.73 Å². The molecule has 17 heavy (non-hydrogen) atoms. The predicted octanol–water partition coefficient (Wildman–Crippen LogP) is 1.51. The second-order valence-electron chi connectivity index (χ2n) is 3.58. The number of carbonyl (C=O) groups excluding carboxylic acids is 1. The van der Waals surface area contributed by atoms with Gasteiger partial charge in [-0.05, 0) is 24.6 Å². The van der Waals surface area contributed by atoms with Crippen molar-refractivity contribution in [1.82, 2.24) is 0 Å². The van der Waals surface area contributed by atoms with Crippen molar-refractivity contribution in [2.45, 2.75) is 13.3 Å². The number of halogens is 1. The zero-order valence-electron chi connectivity index (χ0n) is 9.53. The molecule has 0 heterocycles. The fraction of sp³-hybridized carbons (Fsp3) is 0.364. The zero-order chi connectivity index (χ0) is 12.8. The Morgan fingerprint density at radius 3 is 2.88 bits per heavy atom. The summed E-state index contributed by atoms with van der Waals surface area (Å²) in [5.74, 6) is -0.690. The van der Waals surface area contributed by atoms with Gasteiger partial charge in [-0.15, -0.1) is 0 Å². The number of nitrogens with two attached hydrogens (primary N) is 1. The lowest BCUT2D eigenvalue weighted by molar-refractivity contribution is -0.113. The number of anilines is 2. The van der Waals surface area contributed by atoms with E-state index < -0.39 is 22.5 Å². The largest absolute Gasteiger partial charge is 0.399 e.